The molecule has 0 bridgehead atoms. The zero-order chi connectivity index (χ0) is 22.6. The van der Waals surface area contributed by atoms with Gasteiger partial charge in [-0.05, 0) is 47.4 Å². The normalized spacial score (nSPS) is 15.2. The third kappa shape index (κ3) is 4.43. The Labute approximate surface area is 191 Å². The summed E-state index contributed by atoms with van der Waals surface area (Å²) in [5.41, 5.74) is 4.15. The molecule has 3 heterocycles. The molecule has 0 spiro atoms. The van der Waals surface area contributed by atoms with Crippen molar-refractivity contribution in [2.75, 3.05) is 6.54 Å². The molecule has 2 aromatic carbocycles. The summed E-state index contributed by atoms with van der Waals surface area (Å²) < 4.78 is 7.13. The van der Waals surface area contributed by atoms with Gasteiger partial charge in [-0.3, -0.25) is 9.59 Å². The van der Waals surface area contributed by atoms with Crippen LogP contribution in [0.15, 0.2) is 89.8 Å². The highest BCUT2D eigenvalue weighted by Gasteiger charge is 2.35. The highest BCUT2D eigenvalue weighted by atomic mass is 16.3. The van der Waals surface area contributed by atoms with Gasteiger partial charge in [-0.1, -0.05) is 42.5 Å². The number of benzene rings is 2. The minimum Gasteiger partial charge on any atom is -0.459 e. The van der Waals surface area contributed by atoms with Crippen molar-refractivity contribution in [1.82, 2.24) is 20.0 Å². The van der Waals surface area contributed by atoms with Crippen molar-refractivity contribution in [1.29, 1.82) is 0 Å². The van der Waals surface area contributed by atoms with Gasteiger partial charge in [-0.15, -0.1) is 0 Å². The number of carbonyl (C=O) groups is 2. The van der Waals surface area contributed by atoms with E-state index in [-0.39, 0.29) is 17.6 Å². The molecule has 7 heteroatoms. The van der Waals surface area contributed by atoms with Gasteiger partial charge in [0.2, 0.25) is 5.91 Å². The Morgan fingerprint density at radius 3 is 2.58 bits per heavy atom. The zero-order valence-corrected chi connectivity index (χ0v) is 18.1. The SMILES string of the molecule is O=C(NCCc1cnn(-c2ccccc2)c1)C1Cc2ccccc2CN1C(=O)c1ccco1. The summed E-state index contributed by atoms with van der Waals surface area (Å²) in [5.74, 6) is -0.209. The van der Waals surface area contributed by atoms with E-state index in [1.165, 1.54) is 6.26 Å². The fraction of sp³-hybridized carbons (Fsp3) is 0.192. The number of nitrogens with one attached hydrogen (secondary N) is 1. The second-order valence-corrected chi connectivity index (χ2v) is 8.07. The number of amides is 2. The molecule has 0 saturated heterocycles. The molecule has 1 N–H and O–H groups in total. The first kappa shape index (κ1) is 20.8. The van der Waals surface area contributed by atoms with Gasteiger partial charge < -0.3 is 14.6 Å². The predicted molar refractivity (Wildman–Crippen MR) is 123 cm³/mol. The third-order valence-corrected chi connectivity index (χ3v) is 5.91. The summed E-state index contributed by atoms with van der Waals surface area (Å²) in [6.45, 7) is 0.831. The van der Waals surface area contributed by atoms with Crippen molar-refractivity contribution < 1.29 is 14.0 Å². The van der Waals surface area contributed by atoms with Crippen molar-refractivity contribution in [3.8, 4) is 5.69 Å². The first-order valence-corrected chi connectivity index (χ1v) is 11.0. The Balaban J connectivity index is 1.26. The number of aromatic nitrogens is 2. The largest absolute Gasteiger partial charge is 0.459 e. The topological polar surface area (TPSA) is 80.4 Å². The average Bonchev–Trinajstić information content (AvgIpc) is 3.56. The van der Waals surface area contributed by atoms with E-state index in [0.29, 0.717) is 25.9 Å². The third-order valence-electron chi connectivity index (χ3n) is 5.91. The maximum absolute atomic E-state index is 13.2. The van der Waals surface area contributed by atoms with Crippen LogP contribution in [-0.4, -0.2) is 39.1 Å². The van der Waals surface area contributed by atoms with Crippen LogP contribution in [0.4, 0.5) is 0 Å². The number of hydrogen-bond donors (Lipinski definition) is 1. The molecular formula is C26H24N4O3. The van der Waals surface area contributed by atoms with Gasteiger partial charge in [0.05, 0.1) is 18.1 Å². The molecule has 1 aliphatic rings. The summed E-state index contributed by atoms with van der Waals surface area (Å²) in [5, 5.41) is 7.41. The van der Waals surface area contributed by atoms with Crippen molar-refractivity contribution in [2.45, 2.75) is 25.4 Å². The molecule has 1 aliphatic heterocycles. The number of hydrogen-bond acceptors (Lipinski definition) is 4. The van der Waals surface area contributed by atoms with Crippen LogP contribution in [0.5, 0.6) is 0 Å². The smallest absolute Gasteiger partial charge is 0.290 e. The van der Waals surface area contributed by atoms with Crippen molar-refractivity contribution in [2.24, 2.45) is 0 Å². The molecule has 0 radical (unpaired) electrons. The van der Waals surface area contributed by atoms with Crippen molar-refractivity contribution in [3.05, 3.63) is 108 Å². The average molecular weight is 441 g/mol. The number of para-hydroxylation sites is 1. The minimum atomic E-state index is -0.593. The summed E-state index contributed by atoms with van der Waals surface area (Å²) >= 11 is 0. The summed E-state index contributed by atoms with van der Waals surface area (Å²) in [7, 11) is 0. The quantitative estimate of drug-likeness (QED) is 0.498. The number of carbonyl (C=O) groups excluding carboxylic acids is 2. The lowest BCUT2D eigenvalue weighted by molar-refractivity contribution is -0.126. The molecule has 1 unspecified atom stereocenters. The van der Waals surface area contributed by atoms with E-state index < -0.39 is 6.04 Å². The monoisotopic (exact) mass is 440 g/mol. The molecule has 0 fully saturated rings. The van der Waals surface area contributed by atoms with Gasteiger partial charge in [0.1, 0.15) is 6.04 Å². The number of rotatable bonds is 6. The number of furan rings is 1. The van der Waals surface area contributed by atoms with Gasteiger partial charge in [0, 0.05) is 25.7 Å². The molecule has 0 aliphatic carbocycles. The Bertz CT molecular complexity index is 1250. The fourth-order valence-electron chi connectivity index (χ4n) is 4.17. The maximum atomic E-state index is 13.2. The zero-order valence-electron chi connectivity index (χ0n) is 18.1. The first-order valence-electron chi connectivity index (χ1n) is 11.0. The summed E-state index contributed by atoms with van der Waals surface area (Å²) in [6.07, 6.45) is 6.36. The van der Waals surface area contributed by atoms with E-state index in [1.807, 2.05) is 71.7 Å². The Hall–Kier alpha value is -4.13. The maximum Gasteiger partial charge on any atom is 0.290 e. The van der Waals surface area contributed by atoms with Crippen LogP contribution < -0.4 is 5.32 Å². The Morgan fingerprint density at radius 1 is 1.00 bits per heavy atom. The van der Waals surface area contributed by atoms with E-state index in [2.05, 4.69) is 10.4 Å². The van der Waals surface area contributed by atoms with Crippen molar-refractivity contribution in [3.63, 3.8) is 0 Å². The van der Waals surface area contributed by atoms with Crippen LogP contribution in [0.1, 0.15) is 27.2 Å². The second-order valence-electron chi connectivity index (χ2n) is 8.07. The van der Waals surface area contributed by atoms with Gasteiger partial charge >= 0.3 is 0 Å². The molecular weight excluding hydrogens is 416 g/mol. The molecule has 33 heavy (non-hydrogen) atoms. The molecule has 4 aromatic rings. The molecule has 1 atom stereocenters. The first-order chi connectivity index (χ1) is 16.2. The highest BCUT2D eigenvalue weighted by molar-refractivity contribution is 5.96. The van der Waals surface area contributed by atoms with Crippen LogP contribution in [0, 0.1) is 0 Å². The highest BCUT2D eigenvalue weighted by Crippen LogP contribution is 2.25. The summed E-state index contributed by atoms with van der Waals surface area (Å²) in [6, 6.07) is 20.5. The lowest BCUT2D eigenvalue weighted by Crippen LogP contribution is -2.52. The van der Waals surface area contributed by atoms with E-state index in [9.17, 15) is 9.59 Å². The number of nitrogens with zero attached hydrogens (tertiary/aromatic N) is 3. The van der Waals surface area contributed by atoms with Gasteiger partial charge in [-0.25, -0.2) is 4.68 Å². The van der Waals surface area contributed by atoms with Crippen LogP contribution in [0.25, 0.3) is 5.69 Å². The number of fused-ring (bicyclic) bond motifs is 1. The van der Waals surface area contributed by atoms with E-state index >= 15 is 0 Å². The van der Waals surface area contributed by atoms with Crippen molar-refractivity contribution >= 4 is 11.8 Å². The van der Waals surface area contributed by atoms with Crippen LogP contribution in [0.2, 0.25) is 0 Å². The van der Waals surface area contributed by atoms with E-state index in [0.717, 1.165) is 22.4 Å². The summed E-state index contributed by atoms with van der Waals surface area (Å²) in [4.78, 5) is 27.8. The van der Waals surface area contributed by atoms with Crippen LogP contribution >= 0.6 is 0 Å². The van der Waals surface area contributed by atoms with Crippen LogP contribution in [-0.2, 0) is 24.2 Å². The molecule has 5 rings (SSSR count). The van der Waals surface area contributed by atoms with Gasteiger partial charge in [-0.2, -0.15) is 5.10 Å². The molecule has 166 valence electrons. The standard InChI is InChI=1S/C26H24N4O3/c31-25(27-13-12-19-16-28-30(17-19)22-9-2-1-3-10-22)23-15-20-7-4-5-8-21(20)18-29(23)26(32)24-11-6-14-33-24/h1-11,14,16-17,23H,12-13,15,18H2,(H,27,31). The fourth-order valence-corrected chi connectivity index (χ4v) is 4.17. The lowest BCUT2D eigenvalue weighted by Gasteiger charge is -2.35. The second kappa shape index (κ2) is 9.16. The lowest BCUT2D eigenvalue weighted by atomic mass is 9.93. The van der Waals surface area contributed by atoms with E-state index in [4.69, 9.17) is 4.42 Å². The van der Waals surface area contributed by atoms with E-state index in [1.54, 1.807) is 17.0 Å². The minimum absolute atomic E-state index is 0.167. The predicted octanol–water partition coefficient (Wildman–Crippen LogP) is 3.39. The van der Waals surface area contributed by atoms with Crippen LogP contribution in [0.3, 0.4) is 0 Å². The molecule has 2 aromatic heterocycles. The Kier molecular flexibility index (Phi) is 5.76. The molecule has 7 nitrogen and oxygen atoms in total. The van der Waals surface area contributed by atoms with Gasteiger partial charge in [0.25, 0.3) is 5.91 Å². The van der Waals surface area contributed by atoms with Gasteiger partial charge in [0.15, 0.2) is 5.76 Å². The Morgan fingerprint density at radius 2 is 1.79 bits per heavy atom. The molecule has 0 saturated carbocycles. The molecule has 2 amide bonds.